The van der Waals surface area contributed by atoms with E-state index in [-0.39, 0.29) is 4.71 Å². The van der Waals surface area contributed by atoms with Crippen LogP contribution in [0.25, 0.3) is 0 Å². The van der Waals surface area contributed by atoms with Gasteiger partial charge in [-0.1, -0.05) is 11.8 Å². The van der Waals surface area contributed by atoms with Crippen LogP contribution < -0.4 is 0 Å². The molecular formula is C4H8N2S3. The lowest BCUT2D eigenvalue weighted by Crippen LogP contribution is -2.08. The lowest BCUT2D eigenvalue weighted by Gasteiger charge is -2.12. The molecule has 0 saturated carbocycles. The van der Waals surface area contributed by atoms with Crippen LogP contribution in [-0.2, 0) is 0 Å². The van der Waals surface area contributed by atoms with Gasteiger partial charge >= 0.3 is 0 Å². The van der Waals surface area contributed by atoms with Crippen molar-refractivity contribution in [1.29, 1.82) is 0 Å². The van der Waals surface area contributed by atoms with Gasteiger partial charge in [-0.2, -0.15) is 5.10 Å². The van der Waals surface area contributed by atoms with Gasteiger partial charge in [0.1, 0.15) is 0 Å². The Morgan fingerprint density at radius 3 is 2.78 bits per heavy atom. The minimum absolute atomic E-state index is 0.208. The lowest BCUT2D eigenvalue weighted by molar-refractivity contribution is 0.582. The number of rotatable bonds is 1. The van der Waals surface area contributed by atoms with Gasteiger partial charge in [-0.15, -0.1) is 12.6 Å². The van der Waals surface area contributed by atoms with Crippen molar-refractivity contribution in [3.05, 3.63) is 0 Å². The molecule has 0 aromatic heterocycles. The van der Waals surface area contributed by atoms with Crippen molar-refractivity contribution >= 4 is 41.4 Å². The predicted octanol–water partition coefficient (Wildman–Crippen LogP) is 1.86. The molecule has 0 bridgehead atoms. The fraction of sp³-hybridized carbons (Fsp3) is 0.750. The summed E-state index contributed by atoms with van der Waals surface area (Å²) in [5.74, 6) is 0. The highest BCUT2D eigenvalue weighted by Crippen LogP contribution is 2.32. The Morgan fingerprint density at radius 1 is 1.89 bits per heavy atom. The van der Waals surface area contributed by atoms with E-state index in [1.807, 2.05) is 17.6 Å². The van der Waals surface area contributed by atoms with Crippen LogP contribution in [0.5, 0.6) is 0 Å². The molecule has 0 spiro atoms. The fourth-order valence-electron chi connectivity index (χ4n) is 0.540. The third kappa shape index (κ3) is 1.72. The van der Waals surface area contributed by atoms with E-state index in [0.29, 0.717) is 0 Å². The monoisotopic (exact) mass is 180 g/mol. The van der Waals surface area contributed by atoms with Crippen molar-refractivity contribution < 1.29 is 0 Å². The van der Waals surface area contributed by atoms with Crippen LogP contribution in [0.1, 0.15) is 6.92 Å². The van der Waals surface area contributed by atoms with Gasteiger partial charge in [-0.25, -0.2) is 4.41 Å². The Labute approximate surface area is 69.0 Å². The molecule has 1 aliphatic heterocycles. The molecule has 1 unspecified atom stereocenters. The number of thiol groups is 1. The van der Waals surface area contributed by atoms with E-state index in [1.165, 1.54) is 0 Å². The zero-order valence-corrected chi connectivity index (χ0v) is 7.76. The molecule has 9 heavy (non-hydrogen) atoms. The summed E-state index contributed by atoms with van der Waals surface area (Å²) in [4.78, 5) is 0. The van der Waals surface area contributed by atoms with Crippen LogP contribution in [0, 0.1) is 0 Å². The fourth-order valence-corrected chi connectivity index (χ4v) is 2.73. The Bertz CT molecular complexity index is 136. The summed E-state index contributed by atoms with van der Waals surface area (Å²) in [6.45, 7) is 1.99. The van der Waals surface area contributed by atoms with Crippen molar-refractivity contribution in [1.82, 2.24) is 4.41 Å². The van der Waals surface area contributed by atoms with Gasteiger partial charge in [0.2, 0.25) is 0 Å². The molecule has 0 aromatic rings. The summed E-state index contributed by atoms with van der Waals surface area (Å²) in [6.07, 6.45) is 1.99. The zero-order valence-electron chi connectivity index (χ0n) is 5.24. The average Bonchev–Trinajstić information content (AvgIpc) is 2.10. The maximum absolute atomic E-state index is 4.28. The van der Waals surface area contributed by atoms with Crippen LogP contribution >= 0.6 is 36.3 Å². The SMILES string of the molecule is CSN1N=C(C)SC1S. The molecule has 1 atom stereocenters. The number of hydrogen-bond acceptors (Lipinski definition) is 5. The quantitative estimate of drug-likeness (QED) is 0.490. The summed E-state index contributed by atoms with van der Waals surface area (Å²) in [5.41, 5.74) is 0. The molecule has 0 fully saturated rings. The minimum Gasteiger partial charge on any atom is -0.215 e. The molecule has 2 nitrogen and oxygen atoms in total. The third-order valence-corrected chi connectivity index (χ3v) is 3.22. The molecule has 52 valence electrons. The molecule has 1 aliphatic rings. The van der Waals surface area contributed by atoms with Crippen molar-refractivity contribution in [3.63, 3.8) is 0 Å². The van der Waals surface area contributed by atoms with Gasteiger partial charge in [-0.05, 0) is 18.9 Å². The minimum atomic E-state index is 0.208. The second-order valence-electron chi connectivity index (χ2n) is 1.55. The third-order valence-electron chi connectivity index (χ3n) is 0.891. The van der Waals surface area contributed by atoms with E-state index in [2.05, 4.69) is 17.7 Å². The van der Waals surface area contributed by atoms with Gasteiger partial charge in [0.15, 0.2) is 4.71 Å². The largest absolute Gasteiger partial charge is 0.215 e. The molecule has 0 amide bonds. The highest BCUT2D eigenvalue weighted by Gasteiger charge is 2.20. The zero-order chi connectivity index (χ0) is 6.85. The molecule has 0 aliphatic carbocycles. The molecule has 5 heteroatoms. The molecule has 0 radical (unpaired) electrons. The normalized spacial score (nSPS) is 26.8. The van der Waals surface area contributed by atoms with E-state index in [1.54, 1.807) is 23.7 Å². The van der Waals surface area contributed by atoms with E-state index in [9.17, 15) is 0 Å². The van der Waals surface area contributed by atoms with E-state index < -0.39 is 0 Å². The first-order chi connectivity index (χ1) is 4.24. The van der Waals surface area contributed by atoms with E-state index in [4.69, 9.17) is 0 Å². The molecule has 0 N–H and O–H groups in total. The second-order valence-corrected chi connectivity index (χ2v) is 4.40. The standard InChI is InChI=1S/C4H8N2S3/c1-3-5-6(8-2)4(7)9-3/h4,7H,1-2H3. The predicted molar refractivity (Wildman–Crippen MR) is 48.8 cm³/mol. The summed E-state index contributed by atoms with van der Waals surface area (Å²) < 4.78 is 2.09. The van der Waals surface area contributed by atoms with Crippen LogP contribution in [0.15, 0.2) is 5.10 Å². The number of hydrazone groups is 1. The van der Waals surface area contributed by atoms with Gasteiger partial charge in [0.25, 0.3) is 0 Å². The molecule has 0 aromatic carbocycles. The van der Waals surface area contributed by atoms with Gasteiger partial charge in [0.05, 0.1) is 5.04 Å². The average molecular weight is 180 g/mol. The van der Waals surface area contributed by atoms with Gasteiger partial charge < -0.3 is 0 Å². The summed E-state index contributed by atoms with van der Waals surface area (Å²) >= 11 is 7.55. The summed E-state index contributed by atoms with van der Waals surface area (Å²) in [5, 5.41) is 5.27. The van der Waals surface area contributed by atoms with Crippen LogP contribution in [-0.4, -0.2) is 20.4 Å². The summed E-state index contributed by atoms with van der Waals surface area (Å²) in [7, 11) is 0. The molecule has 1 heterocycles. The van der Waals surface area contributed by atoms with Crippen molar-refractivity contribution in [2.45, 2.75) is 11.6 Å². The Morgan fingerprint density at radius 2 is 2.56 bits per heavy atom. The highest BCUT2D eigenvalue weighted by molar-refractivity contribution is 8.22. The topological polar surface area (TPSA) is 15.6 Å². The van der Waals surface area contributed by atoms with E-state index in [0.717, 1.165) is 5.04 Å². The lowest BCUT2D eigenvalue weighted by atomic mass is 10.9. The first kappa shape index (κ1) is 7.63. The Balaban J connectivity index is 2.53. The second kappa shape index (κ2) is 3.07. The van der Waals surface area contributed by atoms with Gasteiger partial charge in [-0.3, -0.25) is 0 Å². The van der Waals surface area contributed by atoms with Crippen LogP contribution in [0.4, 0.5) is 0 Å². The van der Waals surface area contributed by atoms with Crippen LogP contribution in [0.2, 0.25) is 0 Å². The number of nitrogens with zero attached hydrogens (tertiary/aromatic N) is 2. The molecular weight excluding hydrogens is 172 g/mol. The van der Waals surface area contributed by atoms with Gasteiger partial charge in [0, 0.05) is 6.26 Å². The first-order valence-corrected chi connectivity index (χ1v) is 5.05. The van der Waals surface area contributed by atoms with Crippen LogP contribution in [0.3, 0.4) is 0 Å². The van der Waals surface area contributed by atoms with E-state index >= 15 is 0 Å². The first-order valence-electron chi connectivity index (χ1n) is 2.47. The highest BCUT2D eigenvalue weighted by atomic mass is 32.2. The summed E-state index contributed by atoms with van der Waals surface area (Å²) in [6, 6.07) is 0. The number of hydrogen-bond donors (Lipinski definition) is 1. The maximum Gasteiger partial charge on any atom is 0.153 e. The molecule has 1 rings (SSSR count). The maximum atomic E-state index is 4.28. The smallest absolute Gasteiger partial charge is 0.153 e. The number of thioether (sulfide) groups is 1. The van der Waals surface area contributed by atoms with Crippen molar-refractivity contribution in [3.8, 4) is 0 Å². The Kier molecular flexibility index (Phi) is 2.60. The Hall–Kier alpha value is 0.520. The van der Waals surface area contributed by atoms with Crippen molar-refractivity contribution in [2.24, 2.45) is 5.10 Å². The molecule has 0 saturated heterocycles. The van der Waals surface area contributed by atoms with Crippen molar-refractivity contribution in [2.75, 3.05) is 6.26 Å².